The minimum absolute atomic E-state index is 0.0653. The number of aromatic nitrogens is 2. The zero-order chi connectivity index (χ0) is 27.5. The molecule has 1 fully saturated rings. The number of benzene rings is 2. The van der Waals surface area contributed by atoms with Crippen LogP contribution in [-0.4, -0.2) is 61.5 Å². The number of nitrogens with zero attached hydrogens (tertiary/aromatic N) is 4. The Morgan fingerprint density at radius 3 is 2.37 bits per heavy atom. The fourth-order valence-electron chi connectivity index (χ4n) is 3.88. The Hall–Kier alpha value is -3.58. The van der Waals surface area contributed by atoms with Gasteiger partial charge in [-0.2, -0.15) is 13.2 Å². The number of piperazine rings is 1. The van der Waals surface area contributed by atoms with Gasteiger partial charge < -0.3 is 14.5 Å². The summed E-state index contributed by atoms with van der Waals surface area (Å²) in [6.07, 6.45) is -2.99. The smallest absolute Gasteiger partial charge is 0.417 e. The maximum atomic E-state index is 13.1. The van der Waals surface area contributed by atoms with Crippen LogP contribution in [0, 0.1) is 0 Å². The van der Waals surface area contributed by atoms with Gasteiger partial charge in [0.15, 0.2) is 6.10 Å². The molecule has 0 saturated carbocycles. The van der Waals surface area contributed by atoms with E-state index in [9.17, 15) is 26.4 Å². The minimum Gasteiger partial charge on any atom is -0.481 e. The van der Waals surface area contributed by atoms with Crippen molar-refractivity contribution < 1.29 is 31.1 Å². The lowest BCUT2D eigenvalue weighted by atomic mass is 10.2. The van der Waals surface area contributed by atoms with Crippen LogP contribution in [0.2, 0.25) is 5.02 Å². The number of halogens is 4. The predicted octanol–water partition coefficient (Wildman–Crippen LogP) is 4.07. The number of hydrogen-bond acceptors (Lipinski definition) is 7. The molecule has 1 N–H and O–H groups in total. The monoisotopic (exact) mass is 569 g/mol. The average Bonchev–Trinajstić information content (AvgIpc) is 2.89. The van der Waals surface area contributed by atoms with Crippen LogP contribution in [0.25, 0.3) is 0 Å². The summed E-state index contributed by atoms with van der Waals surface area (Å²) in [5.41, 5.74) is -0.253. The first-order chi connectivity index (χ1) is 17.9. The van der Waals surface area contributed by atoms with Crippen LogP contribution in [0.3, 0.4) is 0 Å². The van der Waals surface area contributed by atoms with Crippen LogP contribution >= 0.6 is 11.6 Å². The number of sulfonamides is 1. The molecule has 1 aliphatic heterocycles. The molecule has 38 heavy (non-hydrogen) atoms. The summed E-state index contributed by atoms with van der Waals surface area (Å²) in [5, 5.41) is -0.451. The molecule has 0 bridgehead atoms. The Morgan fingerprint density at radius 2 is 1.76 bits per heavy atom. The number of amides is 1. The first-order valence-electron chi connectivity index (χ1n) is 11.4. The largest absolute Gasteiger partial charge is 0.481 e. The molecule has 3 aromatic rings. The Bertz CT molecular complexity index is 1380. The number of ether oxygens (including phenoxy) is 1. The molecule has 0 radical (unpaired) electrons. The number of carbonyl (C=O) groups is 1. The van der Waals surface area contributed by atoms with E-state index in [2.05, 4.69) is 14.7 Å². The van der Waals surface area contributed by atoms with Crippen molar-refractivity contribution in [3.05, 3.63) is 71.6 Å². The number of alkyl halides is 3. The Balaban J connectivity index is 1.33. The molecule has 1 aliphatic rings. The lowest BCUT2D eigenvalue weighted by Gasteiger charge is -2.37. The highest BCUT2D eigenvalue weighted by Crippen LogP contribution is 2.37. The molecule has 2 aromatic carbocycles. The van der Waals surface area contributed by atoms with E-state index in [0.29, 0.717) is 26.2 Å². The molecular weight excluding hydrogens is 547 g/mol. The van der Waals surface area contributed by atoms with E-state index in [4.69, 9.17) is 16.3 Å². The van der Waals surface area contributed by atoms with Gasteiger partial charge in [0, 0.05) is 38.1 Å². The molecule has 1 saturated heterocycles. The summed E-state index contributed by atoms with van der Waals surface area (Å²) in [7, 11) is -3.82. The van der Waals surface area contributed by atoms with Crippen LogP contribution in [0.4, 0.5) is 24.7 Å². The topological polar surface area (TPSA) is 105 Å². The molecule has 2 heterocycles. The molecule has 0 spiro atoms. The summed E-state index contributed by atoms with van der Waals surface area (Å²) in [4.78, 5) is 24.1. The molecule has 9 nitrogen and oxygen atoms in total. The maximum Gasteiger partial charge on any atom is 0.417 e. The summed E-state index contributed by atoms with van der Waals surface area (Å²) >= 11 is 5.64. The van der Waals surface area contributed by atoms with Gasteiger partial charge >= 0.3 is 6.18 Å². The fraction of sp³-hybridized carbons (Fsp3) is 0.292. The highest BCUT2D eigenvalue weighted by molar-refractivity contribution is 7.92. The van der Waals surface area contributed by atoms with Crippen molar-refractivity contribution in [1.29, 1.82) is 0 Å². The third-order valence-corrected chi connectivity index (χ3v) is 7.53. The Labute approximate surface area is 222 Å². The van der Waals surface area contributed by atoms with E-state index >= 15 is 0 Å². The summed E-state index contributed by atoms with van der Waals surface area (Å²) in [6.45, 7) is 3.14. The molecule has 1 atom stereocenters. The second-order valence-corrected chi connectivity index (χ2v) is 10.5. The van der Waals surface area contributed by atoms with Crippen molar-refractivity contribution >= 4 is 39.0 Å². The van der Waals surface area contributed by atoms with Gasteiger partial charge in [-0.05, 0) is 55.5 Å². The number of anilines is 2. The van der Waals surface area contributed by atoms with E-state index in [1.54, 1.807) is 17.0 Å². The molecule has 202 valence electrons. The van der Waals surface area contributed by atoms with Gasteiger partial charge in [-0.25, -0.2) is 18.4 Å². The minimum atomic E-state index is -4.64. The van der Waals surface area contributed by atoms with Gasteiger partial charge in [0.1, 0.15) is 17.9 Å². The normalized spacial score (nSPS) is 15.2. The van der Waals surface area contributed by atoms with E-state index in [1.807, 2.05) is 4.90 Å². The standard InChI is InChI=1S/C24H23ClF3N5O4S/c1-16(37-18-4-7-21(25)20(14-18)24(26,27)28)23(34)33-12-10-32(11-13-33)17-2-5-19(6-3-17)38(35,36)31-22-8-9-29-15-30-22/h2-9,14-16H,10-13H2,1H3,(H,29,30,31). The van der Waals surface area contributed by atoms with Gasteiger partial charge in [-0.1, -0.05) is 11.6 Å². The molecule has 1 unspecified atom stereocenters. The van der Waals surface area contributed by atoms with Crippen molar-refractivity contribution in [3.63, 3.8) is 0 Å². The summed E-state index contributed by atoms with van der Waals surface area (Å²) < 4.78 is 72.3. The third kappa shape index (κ3) is 6.45. The van der Waals surface area contributed by atoms with Crippen molar-refractivity contribution in [3.8, 4) is 5.75 Å². The molecule has 0 aliphatic carbocycles. The SMILES string of the molecule is CC(Oc1ccc(Cl)c(C(F)(F)F)c1)C(=O)N1CCN(c2ccc(S(=O)(=O)Nc3ccncn3)cc2)CC1. The molecular formula is C24H23ClF3N5O4S. The van der Waals surface area contributed by atoms with E-state index in [-0.39, 0.29) is 22.4 Å². The number of carbonyl (C=O) groups excluding carboxylic acids is 1. The van der Waals surface area contributed by atoms with Crippen LogP contribution in [0.1, 0.15) is 12.5 Å². The highest BCUT2D eigenvalue weighted by atomic mass is 35.5. The third-order valence-electron chi connectivity index (χ3n) is 5.83. The van der Waals surface area contributed by atoms with Crippen molar-refractivity contribution in [2.75, 3.05) is 35.8 Å². The van der Waals surface area contributed by atoms with Gasteiger partial charge in [0.2, 0.25) is 0 Å². The second kappa shape index (κ2) is 11.0. The van der Waals surface area contributed by atoms with Crippen LogP contribution in [0.15, 0.2) is 66.0 Å². The summed E-state index contributed by atoms with van der Waals surface area (Å²) in [5.74, 6) is -0.309. The van der Waals surface area contributed by atoms with Gasteiger partial charge in [0.05, 0.1) is 15.5 Å². The van der Waals surface area contributed by atoms with Gasteiger partial charge in [-0.3, -0.25) is 9.52 Å². The molecule has 1 aromatic heterocycles. The lowest BCUT2D eigenvalue weighted by molar-refractivity contribution is -0.138. The Kier molecular flexibility index (Phi) is 7.97. The number of rotatable bonds is 7. The Morgan fingerprint density at radius 1 is 1.08 bits per heavy atom. The van der Waals surface area contributed by atoms with Crippen LogP contribution in [0.5, 0.6) is 5.75 Å². The first kappa shape index (κ1) is 27.5. The predicted molar refractivity (Wildman–Crippen MR) is 135 cm³/mol. The zero-order valence-electron chi connectivity index (χ0n) is 20.0. The lowest BCUT2D eigenvalue weighted by Crippen LogP contribution is -2.52. The zero-order valence-corrected chi connectivity index (χ0v) is 21.6. The highest BCUT2D eigenvalue weighted by Gasteiger charge is 2.34. The van der Waals surface area contributed by atoms with Crippen molar-refractivity contribution in [1.82, 2.24) is 14.9 Å². The number of hydrogen-bond donors (Lipinski definition) is 1. The van der Waals surface area contributed by atoms with Gasteiger partial charge in [0.25, 0.3) is 15.9 Å². The molecule has 4 rings (SSSR count). The van der Waals surface area contributed by atoms with Crippen molar-refractivity contribution in [2.24, 2.45) is 0 Å². The second-order valence-electron chi connectivity index (χ2n) is 8.41. The van der Waals surface area contributed by atoms with Crippen LogP contribution in [-0.2, 0) is 21.0 Å². The quantitative estimate of drug-likeness (QED) is 0.457. The van der Waals surface area contributed by atoms with Crippen LogP contribution < -0.4 is 14.4 Å². The summed E-state index contributed by atoms with van der Waals surface area (Å²) in [6, 6.07) is 10.9. The number of nitrogens with one attached hydrogen (secondary N) is 1. The van der Waals surface area contributed by atoms with E-state index < -0.39 is 32.9 Å². The molecule has 1 amide bonds. The average molecular weight is 570 g/mol. The van der Waals surface area contributed by atoms with E-state index in [0.717, 1.165) is 17.8 Å². The fourth-order valence-corrected chi connectivity index (χ4v) is 5.11. The van der Waals surface area contributed by atoms with E-state index in [1.165, 1.54) is 43.7 Å². The van der Waals surface area contributed by atoms with Crippen molar-refractivity contribution in [2.45, 2.75) is 24.1 Å². The maximum absolute atomic E-state index is 13.1. The van der Waals surface area contributed by atoms with Gasteiger partial charge in [-0.15, -0.1) is 0 Å². The first-order valence-corrected chi connectivity index (χ1v) is 13.3. The molecule has 14 heteroatoms.